The van der Waals surface area contributed by atoms with Crippen LogP contribution in [0.25, 0.3) is 0 Å². The van der Waals surface area contributed by atoms with Crippen molar-refractivity contribution in [3.05, 3.63) is 29.3 Å². The van der Waals surface area contributed by atoms with E-state index in [0.29, 0.717) is 12.0 Å². The maximum absolute atomic E-state index is 5.57. The third kappa shape index (κ3) is 3.84. The quantitative estimate of drug-likeness (QED) is 0.626. The van der Waals surface area contributed by atoms with Crippen molar-refractivity contribution in [1.29, 1.82) is 0 Å². The van der Waals surface area contributed by atoms with Crippen molar-refractivity contribution in [3.8, 4) is 5.75 Å². The van der Waals surface area contributed by atoms with Gasteiger partial charge in [-0.25, -0.2) is 0 Å². The predicted molar refractivity (Wildman–Crippen MR) is 94.9 cm³/mol. The van der Waals surface area contributed by atoms with E-state index >= 15 is 0 Å². The Morgan fingerprint density at radius 3 is 2.64 bits per heavy atom. The van der Waals surface area contributed by atoms with Crippen LogP contribution >= 0.6 is 0 Å². The van der Waals surface area contributed by atoms with E-state index in [2.05, 4.69) is 43.9 Å². The van der Waals surface area contributed by atoms with Crippen LogP contribution in [0, 0.1) is 0 Å². The second-order valence-electron chi connectivity index (χ2n) is 6.67. The zero-order chi connectivity index (χ0) is 15.9. The number of nitrogens with zero attached hydrogens (tertiary/aromatic N) is 1. The normalized spacial score (nSPS) is 21.0. The van der Waals surface area contributed by atoms with Gasteiger partial charge in [0, 0.05) is 6.04 Å². The number of fused-ring (bicyclic) bond motifs is 1. The van der Waals surface area contributed by atoms with E-state index < -0.39 is 0 Å². The van der Waals surface area contributed by atoms with Crippen molar-refractivity contribution in [2.45, 2.75) is 71.3 Å². The fourth-order valence-electron chi connectivity index (χ4n) is 4.01. The number of hydrogen-bond donors (Lipinski definition) is 0. The lowest BCUT2D eigenvalue weighted by Crippen LogP contribution is -2.42. The van der Waals surface area contributed by atoms with E-state index in [0.717, 1.165) is 12.2 Å². The number of ether oxygens (including phenoxy) is 1. The summed E-state index contributed by atoms with van der Waals surface area (Å²) in [5.74, 6) is 1.68. The van der Waals surface area contributed by atoms with Crippen molar-refractivity contribution < 1.29 is 4.74 Å². The molecule has 0 bridgehead atoms. The molecule has 2 rings (SSSR count). The Bertz CT molecular complexity index is 457. The summed E-state index contributed by atoms with van der Waals surface area (Å²) in [6.07, 6.45) is 7.67. The lowest BCUT2D eigenvalue weighted by molar-refractivity contribution is 0.155. The lowest BCUT2D eigenvalue weighted by Gasteiger charge is -2.40. The molecule has 0 saturated carbocycles. The highest BCUT2D eigenvalue weighted by atomic mass is 16.5. The fraction of sp³-hybridized carbons (Fsp3) is 0.700. The highest BCUT2D eigenvalue weighted by Crippen LogP contribution is 2.38. The number of methoxy groups -OCH3 is 1. The lowest BCUT2D eigenvalue weighted by atomic mass is 9.79. The molecule has 22 heavy (non-hydrogen) atoms. The Balaban J connectivity index is 2.14. The monoisotopic (exact) mass is 303 g/mol. The molecule has 0 aromatic heterocycles. The molecule has 0 saturated heterocycles. The van der Waals surface area contributed by atoms with Crippen LogP contribution < -0.4 is 4.74 Å². The second-order valence-corrected chi connectivity index (χ2v) is 6.67. The summed E-state index contributed by atoms with van der Waals surface area (Å²) in [5.41, 5.74) is 2.95. The molecule has 1 aromatic carbocycles. The molecule has 2 heteroatoms. The maximum atomic E-state index is 5.57. The van der Waals surface area contributed by atoms with Gasteiger partial charge in [-0.15, -0.1) is 0 Å². The van der Waals surface area contributed by atoms with Crippen molar-refractivity contribution in [1.82, 2.24) is 4.90 Å². The second kappa shape index (κ2) is 8.57. The minimum atomic E-state index is 0.604. The number of benzene rings is 1. The molecule has 1 aliphatic rings. The highest BCUT2D eigenvalue weighted by molar-refractivity contribution is 5.44. The van der Waals surface area contributed by atoms with Gasteiger partial charge in [0.05, 0.1) is 7.11 Å². The SMILES string of the molecule is CCCCCN(CCC)C1CCc2c(OC)cccc2C1C. The molecule has 0 N–H and O–H groups in total. The van der Waals surface area contributed by atoms with Gasteiger partial charge in [0.25, 0.3) is 0 Å². The molecular weight excluding hydrogens is 270 g/mol. The molecule has 2 nitrogen and oxygen atoms in total. The van der Waals surface area contributed by atoms with Gasteiger partial charge in [-0.1, -0.05) is 45.7 Å². The molecule has 2 atom stereocenters. The first kappa shape index (κ1) is 17.3. The third-order valence-corrected chi connectivity index (χ3v) is 5.18. The van der Waals surface area contributed by atoms with Gasteiger partial charge < -0.3 is 4.74 Å². The zero-order valence-corrected chi connectivity index (χ0v) is 14.9. The van der Waals surface area contributed by atoms with Gasteiger partial charge in [-0.3, -0.25) is 4.90 Å². The summed E-state index contributed by atoms with van der Waals surface area (Å²) in [5, 5.41) is 0. The van der Waals surface area contributed by atoms with Crippen LogP contribution in [0.5, 0.6) is 5.75 Å². The fourth-order valence-corrected chi connectivity index (χ4v) is 4.01. The molecule has 0 radical (unpaired) electrons. The van der Waals surface area contributed by atoms with Gasteiger partial charge in [0.1, 0.15) is 5.75 Å². The average molecular weight is 303 g/mol. The molecule has 1 aromatic rings. The summed E-state index contributed by atoms with van der Waals surface area (Å²) in [4.78, 5) is 2.75. The minimum absolute atomic E-state index is 0.604. The van der Waals surface area contributed by atoms with Crippen molar-refractivity contribution in [3.63, 3.8) is 0 Å². The van der Waals surface area contributed by atoms with Crippen LogP contribution in [0.4, 0.5) is 0 Å². The number of hydrogen-bond acceptors (Lipinski definition) is 2. The van der Waals surface area contributed by atoms with Gasteiger partial charge >= 0.3 is 0 Å². The van der Waals surface area contributed by atoms with Crippen LogP contribution in [0.15, 0.2) is 18.2 Å². The van der Waals surface area contributed by atoms with E-state index in [-0.39, 0.29) is 0 Å². The van der Waals surface area contributed by atoms with E-state index in [1.807, 2.05) is 0 Å². The van der Waals surface area contributed by atoms with E-state index in [9.17, 15) is 0 Å². The van der Waals surface area contributed by atoms with Crippen LogP contribution in [0.1, 0.15) is 69.9 Å². The van der Waals surface area contributed by atoms with Gasteiger partial charge in [0.2, 0.25) is 0 Å². The third-order valence-electron chi connectivity index (χ3n) is 5.18. The summed E-state index contributed by atoms with van der Waals surface area (Å²) in [6, 6.07) is 7.26. The summed E-state index contributed by atoms with van der Waals surface area (Å²) < 4.78 is 5.57. The van der Waals surface area contributed by atoms with Crippen molar-refractivity contribution >= 4 is 0 Å². The Morgan fingerprint density at radius 2 is 1.95 bits per heavy atom. The Morgan fingerprint density at radius 1 is 1.14 bits per heavy atom. The largest absolute Gasteiger partial charge is 0.496 e. The molecule has 0 fully saturated rings. The molecule has 124 valence electrons. The number of unbranched alkanes of at least 4 members (excludes halogenated alkanes) is 2. The summed E-state index contributed by atoms with van der Waals surface area (Å²) >= 11 is 0. The zero-order valence-electron chi connectivity index (χ0n) is 14.9. The predicted octanol–water partition coefficient (Wildman–Crippen LogP) is 5.02. The van der Waals surface area contributed by atoms with Crippen LogP contribution in [-0.4, -0.2) is 31.1 Å². The van der Waals surface area contributed by atoms with Crippen LogP contribution in [0.2, 0.25) is 0 Å². The molecule has 0 amide bonds. The van der Waals surface area contributed by atoms with Crippen LogP contribution in [0.3, 0.4) is 0 Å². The molecule has 1 aliphatic carbocycles. The Kier molecular flexibility index (Phi) is 6.75. The van der Waals surface area contributed by atoms with Crippen LogP contribution in [-0.2, 0) is 6.42 Å². The van der Waals surface area contributed by atoms with Gasteiger partial charge in [-0.05, 0) is 61.9 Å². The topological polar surface area (TPSA) is 12.5 Å². The van der Waals surface area contributed by atoms with E-state index in [1.54, 1.807) is 7.11 Å². The molecule has 0 aliphatic heterocycles. The van der Waals surface area contributed by atoms with Gasteiger partial charge in [-0.2, -0.15) is 0 Å². The van der Waals surface area contributed by atoms with Crippen molar-refractivity contribution in [2.75, 3.05) is 20.2 Å². The average Bonchev–Trinajstić information content (AvgIpc) is 2.54. The summed E-state index contributed by atoms with van der Waals surface area (Å²) in [7, 11) is 1.79. The smallest absolute Gasteiger partial charge is 0.122 e. The first-order valence-corrected chi connectivity index (χ1v) is 9.12. The summed E-state index contributed by atoms with van der Waals surface area (Å²) in [6.45, 7) is 9.49. The molecule has 0 heterocycles. The first-order chi connectivity index (χ1) is 10.7. The standard InChI is InChI=1S/C20H33NO/c1-5-7-8-15-21(14-6-2)19-13-12-18-17(16(19)3)10-9-11-20(18)22-4/h9-11,16,19H,5-8,12-15H2,1-4H3. The molecule has 0 spiro atoms. The molecular formula is C20H33NO. The van der Waals surface area contributed by atoms with Crippen molar-refractivity contribution in [2.24, 2.45) is 0 Å². The Hall–Kier alpha value is -1.02. The van der Waals surface area contributed by atoms with Gasteiger partial charge in [0.15, 0.2) is 0 Å². The first-order valence-electron chi connectivity index (χ1n) is 9.12. The van der Waals surface area contributed by atoms with E-state index in [4.69, 9.17) is 4.74 Å². The highest BCUT2D eigenvalue weighted by Gasteiger charge is 2.31. The Labute approximate surface area is 136 Å². The van der Waals surface area contributed by atoms with E-state index in [1.165, 1.54) is 56.3 Å². The maximum Gasteiger partial charge on any atom is 0.122 e. The minimum Gasteiger partial charge on any atom is -0.496 e. The molecule has 2 unspecified atom stereocenters. The number of rotatable bonds is 8.